The second-order valence-electron chi connectivity index (χ2n) is 6.62. The topological polar surface area (TPSA) is 133 Å². The lowest BCUT2D eigenvalue weighted by Crippen LogP contribution is -2.33. The van der Waals surface area contributed by atoms with Crippen molar-refractivity contribution in [3.8, 4) is 0 Å². The van der Waals surface area contributed by atoms with E-state index in [9.17, 15) is 4.79 Å². The maximum Gasteiger partial charge on any atom is 0.254 e. The number of methoxy groups -OCH3 is 1. The zero-order valence-corrected chi connectivity index (χ0v) is 16.2. The molecule has 0 bridgehead atoms. The maximum absolute atomic E-state index is 11.8. The van der Waals surface area contributed by atoms with Gasteiger partial charge in [0.05, 0.1) is 12.1 Å². The highest BCUT2D eigenvalue weighted by Gasteiger charge is 2.15. The number of hydrogen-bond acceptors (Lipinski definition) is 7. The van der Waals surface area contributed by atoms with Crippen molar-refractivity contribution < 1.29 is 9.53 Å². The Morgan fingerprint density at radius 3 is 2.89 bits per heavy atom. The third-order valence-corrected chi connectivity index (χ3v) is 4.54. The molecule has 0 spiro atoms. The predicted molar refractivity (Wildman–Crippen MR) is 110 cm³/mol. The van der Waals surface area contributed by atoms with Crippen LogP contribution in [0.2, 0.25) is 0 Å². The molecule has 0 aliphatic carbocycles. The van der Waals surface area contributed by atoms with Crippen LogP contribution < -0.4 is 22.1 Å². The van der Waals surface area contributed by atoms with Crippen LogP contribution in [-0.2, 0) is 11.8 Å². The summed E-state index contributed by atoms with van der Waals surface area (Å²) in [5.41, 5.74) is 14.6. The Hall–Kier alpha value is -3.17. The third-order valence-electron chi connectivity index (χ3n) is 4.54. The fraction of sp³-hybridized carbons (Fsp3) is 0.316. The van der Waals surface area contributed by atoms with E-state index in [0.717, 1.165) is 22.3 Å². The van der Waals surface area contributed by atoms with Crippen LogP contribution in [0.25, 0.3) is 10.9 Å². The molecule has 3 aromatic rings. The molecule has 0 radical (unpaired) electrons. The summed E-state index contributed by atoms with van der Waals surface area (Å²) >= 11 is 0. The largest absolute Gasteiger partial charge is 0.383 e. The molecule has 0 saturated heterocycles. The van der Waals surface area contributed by atoms with Gasteiger partial charge in [-0.2, -0.15) is 4.98 Å². The van der Waals surface area contributed by atoms with E-state index in [4.69, 9.17) is 16.2 Å². The molecule has 0 aliphatic heterocycles. The van der Waals surface area contributed by atoms with E-state index in [0.29, 0.717) is 24.9 Å². The highest BCUT2D eigenvalue weighted by molar-refractivity contribution is 6.00. The highest BCUT2D eigenvalue weighted by atomic mass is 16.5. The minimum atomic E-state index is -0.610. The number of ether oxygens (including phenoxy) is 1. The zero-order chi connectivity index (χ0) is 20.3. The van der Waals surface area contributed by atoms with E-state index in [2.05, 4.69) is 31.2 Å². The van der Waals surface area contributed by atoms with Gasteiger partial charge < -0.3 is 31.4 Å². The van der Waals surface area contributed by atoms with Crippen LogP contribution in [0, 0.1) is 6.92 Å². The maximum atomic E-state index is 11.8. The van der Waals surface area contributed by atoms with Crippen molar-refractivity contribution >= 4 is 34.3 Å². The molecule has 0 aliphatic rings. The van der Waals surface area contributed by atoms with Crippen LogP contribution >= 0.6 is 0 Å². The van der Waals surface area contributed by atoms with Gasteiger partial charge in [-0.15, -0.1) is 0 Å². The number of nitrogens with one attached hydrogen (secondary N) is 2. The number of aromatic nitrogens is 3. The summed E-state index contributed by atoms with van der Waals surface area (Å²) < 4.78 is 7.11. The summed E-state index contributed by atoms with van der Waals surface area (Å²) in [4.78, 5) is 20.4. The van der Waals surface area contributed by atoms with Crippen LogP contribution in [-0.4, -0.2) is 46.7 Å². The minimum Gasteiger partial charge on any atom is -0.383 e. The van der Waals surface area contributed by atoms with Gasteiger partial charge in [0.1, 0.15) is 11.4 Å². The molecule has 9 heteroatoms. The molecule has 1 atom stereocenters. The van der Waals surface area contributed by atoms with Crippen molar-refractivity contribution in [2.24, 2.45) is 18.5 Å². The first-order valence-corrected chi connectivity index (χ1v) is 8.88. The number of anilines is 3. The second kappa shape index (κ2) is 8.24. The first kappa shape index (κ1) is 19.6. The van der Waals surface area contributed by atoms with Crippen molar-refractivity contribution in [1.82, 2.24) is 14.5 Å². The summed E-state index contributed by atoms with van der Waals surface area (Å²) in [5, 5.41) is 7.30. The molecule has 6 N–H and O–H groups in total. The monoisotopic (exact) mass is 383 g/mol. The number of hydrogen-bond donors (Lipinski definition) is 4. The fourth-order valence-electron chi connectivity index (χ4n) is 2.97. The van der Waals surface area contributed by atoms with Gasteiger partial charge >= 0.3 is 0 Å². The SMILES string of the molecule is COC[C@H](N)CNc1ncc(C(N)=O)c(Nc2cccc3c2cc(C)n3C)n1. The van der Waals surface area contributed by atoms with Crippen molar-refractivity contribution in [1.29, 1.82) is 0 Å². The number of primary amides is 1. The molecule has 9 nitrogen and oxygen atoms in total. The van der Waals surface area contributed by atoms with Gasteiger partial charge in [-0.05, 0) is 25.1 Å². The number of rotatable bonds is 8. The van der Waals surface area contributed by atoms with E-state index >= 15 is 0 Å². The molecule has 2 aromatic heterocycles. The van der Waals surface area contributed by atoms with Crippen LogP contribution in [0.1, 0.15) is 16.1 Å². The Balaban J connectivity index is 1.93. The summed E-state index contributed by atoms with van der Waals surface area (Å²) in [6, 6.07) is 7.77. The number of carbonyl (C=O) groups is 1. The van der Waals surface area contributed by atoms with Gasteiger partial charge in [0.15, 0.2) is 0 Å². The minimum absolute atomic E-state index is 0.205. The number of amides is 1. The molecule has 0 unspecified atom stereocenters. The van der Waals surface area contributed by atoms with Crippen LogP contribution in [0.5, 0.6) is 0 Å². The fourth-order valence-corrected chi connectivity index (χ4v) is 2.97. The molecular weight excluding hydrogens is 358 g/mol. The lowest BCUT2D eigenvalue weighted by atomic mass is 10.2. The number of carbonyl (C=O) groups excluding carboxylic acids is 1. The smallest absolute Gasteiger partial charge is 0.254 e. The zero-order valence-electron chi connectivity index (χ0n) is 16.2. The summed E-state index contributed by atoms with van der Waals surface area (Å²) in [6.45, 7) is 2.87. The van der Waals surface area contributed by atoms with E-state index in [1.807, 2.05) is 32.2 Å². The van der Waals surface area contributed by atoms with Gasteiger partial charge in [0.2, 0.25) is 5.95 Å². The first-order chi connectivity index (χ1) is 13.4. The Morgan fingerprint density at radius 1 is 1.39 bits per heavy atom. The lowest BCUT2D eigenvalue weighted by Gasteiger charge is -2.14. The molecule has 1 amide bonds. The number of fused-ring (bicyclic) bond motifs is 1. The van der Waals surface area contributed by atoms with Gasteiger partial charge in [0.25, 0.3) is 5.91 Å². The number of benzene rings is 1. The normalized spacial score (nSPS) is 12.1. The first-order valence-electron chi connectivity index (χ1n) is 8.88. The molecule has 0 fully saturated rings. The molecule has 1 aromatic carbocycles. The van der Waals surface area contributed by atoms with E-state index in [1.165, 1.54) is 6.20 Å². The van der Waals surface area contributed by atoms with Gasteiger partial charge in [0, 0.05) is 49.7 Å². The summed E-state index contributed by atoms with van der Waals surface area (Å²) in [6.07, 6.45) is 1.40. The number of nitrogens with two attached hydrogens (primary N) is 2. The predicted octanol–water partition coefficient (Wildman–Crippen LogP) is 1.50. The Morgan fingerprint density at radius 2 is 2.18 bits per heavy atom. The van der Waals surface area contributed by atoms with Gasteiger partial charge in [-0.25, -0.2) is 4.98 Å². The Labute approximate surface area is 163 Å². The number of aryl methyl sites for hydroxylation is 2. The summed E-state index contributed by atoms with van der Waals surface area (Å²) in [7, 11) is 3.60. The van der Waals surface area contributed by atoms with E-state index in [1.54, 1.807) is 7.11 Å². The standard InChI is InChI=1S/C19H25N7O2/c1-11-7-13-15(5-4-6-16(13)26(11)2)24-18-14(17(21)27)9-23-19(25-18)22-8-12(20)10-28-3/h4-7,9,12H,8,10,20H2,1-3H3,(H2,21,27)(H2,22,23,24,25)/t12-/m1/s1. The molecule has 28 heavy (non-hydrogen) atoms. The second-order valence-corrected chi connectivity index (χ2v) is 6.62. The molecule has 148 valence electrons. The van der Waals surface area contributed by atoms with Crippen molar-refractivity contribution in [2.45, 2.75) is 13.0 Å². The van der Waals surface area contributed by atoms with Crippen molar-refractivity contribution in [3.63, 3.8) is 0 Å². The lowest BCUT2D eigenvalue weighted by molar-refractivity contribution is 0.100. The molecule has 3 rings (SSSR count). The van der Waals surface area contributed by atoms with Crippen LogP contribution in [0.4, 0.5) is 17.5 Å². The molecule has 0 saturated carbocycles. The van der Waals surface area contributed by atoms with Crippen LogP contribution in [0.3, 0.4) is 0 Å². The Kier molecular flexibility index (Phi) is 5.76. The van der Waals surface area contributed by atoms with Gasteiger partial charge in [-0.3, -0.25) is 4.79 Å². The highest BCUT2D eigenvalue weighted by Crippen LogP contribution is 2.29. The van der Waals surface area contributed by atoms with E-state index in [-0.39, 0.29) is 11.6 Å². The van der Waals surface area contributed by atoms with Gasteiger partial charge in [-0.1, -0.05) is 6.07 Å². The van der Waals surface area contributed by atoms with Crippen molar-refractivity contribution in [2.75, 3.05) is 30.9 Å². The Bertz CT molecular complexity index is 999. The van der Waals surface area contributed by atoms with E-state index < -0.39 is 5.91 Å². The quantitative estimate of drug-likeness (QED) is 0.463. The number of nitrogens with zero attached hydrogens (tertiary/aromatic N) is 3. The van der Waals surface area contributed by atoms with Crippen LogP contribution in [0.15, 0.2) is 30.5 Å². The molecule has 2 heterocycles. The van der Waals surface area contributed by atoms with Crippen molar-refractivity contribution in [3.05, 3.63) is 41.7 Å². The average molecular weight is 383 g/mol. The molecular formula is C19H25N7O2. The average Bonchev–Trinajstić information content (AvgIpc) is 2.96. The third kappa shape index (κ3) is 4.05. The summed E-state index contributed by atoms with van der Waals surface area (Å²) in [5.74, 6) is 0.0661.